The number of amides is 2. The Bertz CT molecular complexity index is 1210. The number of hydrogen-bond acceptors (Lipinski definition) is 3. The van der Waals surface area contributed by atoms with Crippen molar-refractivity contribution in [2.75, 3.05) is 0 Å². The Balaban J connectivity index is 1.55. The van der Waals surface area contributed by atoms with Crippen LogP contribution in [0, 0.1) is 0 Å². The van der Waals surface area contributed by atoms with Gasteiger partial charge in [0.2, 0.25) is 0 Å². The van der Waals surface area contributed by atoms with E-state index < -0.39 is 0 Å². The lowest BCUT2D eigenvalue weighted by Crippen LogP contribution is -2.29. The molecule has 0 fully saturated rings. The fourth-order valence-electron chi connectivity index (χ4n) is 3.66. The van der Waals surface area contributed by atoms with Gasteiger partial charge in [0.05, 0.1) is 34.7 Å². The van der Waals surface area contributed by atoms with Crippen molar-refractivity contribution in [2.45, 2.75) is 6.54 Å². The predicted molar refractivity (Wildman–Crippen MR) is 120 cm³/mol. The molecule has 1 aliphatic rings. The number of hydrogen-bond donors (Lipinski definition) is 0. The van der Waals surface area contributed by atoms with Crippen LogP contribution in [0.3, 0.4) is 0 Å². The summed E-state index contributed by atoms with van der Waals surface area (Å²) in [6, 6.07) is 23.4. The molecule has 152 valence electrons. The highest BCUT2D eigenvalue weighted by Gasteiger charge is 2.35. The van der Waals surface area contributed by atoms with E-state index in [4.69, 9.17) is 28.3 Å². The fraction of sp³-hybridized carbons (Fsp3) is 0.0417. The first-order valence-electron chi connectivity index (χ1n) is 9.57. The summed E-state index contributed by atoms with van der Waals surface area (Å²) in [4.78, 5) is 26.7. The van der Waals surface area contributed by atoms with Crippen LogP contribution in [0.1, 0.15) is 26.4 Å². The molecule has 7 heteroatoms. The molecule has 0 saturated carbocycles. The average molecular weight is 448 g/mol. The summed E-state index contributed by atoms with van der Waals surface area (Å²) in [6.07, 6.45) is 0. The molecule has 0 saturated heterocycles. The molecule has 0 aliphatic carbocycles. The zero-order valence-electron chi connectivity index (χ0n) is 16.1. The van der Waals surface area contributed by atoms with Gasteiger partial charge in [-0.25, -0.2) is 4.68 Å². The second kappa shape index (κ2) is 7.69. The third kappa shape index (κ3) is 3.52. The molecule has 1 aliphatic heterocycles. The van der Waals surface area contributed by atoms with Crippen LogP contribution in [0.15, 0.2) is 78.9 Å². The molecule has 5 nitrogen and oxygen atoms in total. The third-order valence-corrected chi connectivity index (χ3v) is 5.67. The number of fused-ring (bicyclic) bond motifs is 1. The molecule has 2 heterocycles. The van der Waals surface area contributed by atoms with Crippen molar-refractivity contribution in [3.8, 4) is 16.9 Å². The lowest BCUT2D eigenvalue weighted by Gasteiger charge is -2.11. The Kier molecular flexibility index (Phi) is 4.85. The summed E-state index contributed by atoms with van der Waals surface area (Å²) in [6.45, 7) is 0.0769. The highest BCUT2D eigenvalue weighted by atomic mass is 35.5. The molecule has 4 aromatic rings. The zero-order valence-corrected chi connectivity index (χ0v) is 17.6. The van der Waals surface area contributed by atoms with E-state index in [1.807, 2.05) is 30.3 Å². The van der Waals surface area contributed by atoms with Crippen LogP contribution in [0.25, 0.3) is 16.9 Å². The van der Waals surface area contributed by atoms with Gasteiger partial charge in [0.1, 0.15) is 0 Å². The topological polar surface area (TPSA) is 55.2 Å². The number of carbonyl (C=O) groups is 2. The Labute approximate surface area is 188 Å². The Hall–Kier alpha value is -3.41. The molecule has 5 rings (SSSR count). The van der Waals surface area contributed by atoms with Crippen LogP contribution in [-0.4, -0.2) is 26.5 Å². The Morgan fingerprint density at radius 3 is 1.87 bits per heavy atom. The van der Waals surface area contributed by atoms with Crippen LogP contribution >= 0.6 is 23.2 Å². The zero-order chi connectivity index (χ0) is 21.5. The minimum atomic E-state index is -0.310. The van der Waals surface area contributed by atoms with E-state index >= 15 is 0 Å². The molecule has 0 unspecified atom stereocenters. The van der Waals surface area contributed by atoms with Crippen molar-refractivity contribution in [3.63, 3.8) is 0 Å². The monoisotopic (exact) mass is 447 g/mol. The quantitative estimate of drug-likeness (QED) is 0.380. The first kappa shape index (κ1) is 19.5. The van der Waals surface area contributed by atoms with Gasteiger partial charge in [0.15, 0.2) is 0 Å². The number of aromatic nitrogens is 2. The van der Waals surface area contributed by atoms with Crippen molar-refractivity contribution in [1.82, 2.24) is 14.7 Å². The van der Waals surface area contributed by atoms with Crippen molar-refractivity contribution in [1.29, 1.82) is 0 Å². The van der Waals surface area contributed by atoms with Crippen molar-refractivity contribution in [3.05, 3.63) is 106 Å². The fourth-order valence-corrected chi connectivity index (χ4v) is 3.91. The molecule has 0 N–H and O–H groups in total. The summed E-state index contributed by atoms with van der Waals surface area (Å²) in [5.41, 5.74) is 3.95. The van der Waals surface area contributed by atoms with Crippen LogP contribution in [0.5, 0.6) is 0 Å². The molecule has 0 spiro atoms. The van der Waals surface area contributed by atoms with E-state index in [2.05, 4.69) is 0 Å². The first-order valence-corrected chi connectivity index (χ1v) is 10.3. The minimum absolute atomic E-state index is 0.0769. The number of halogens is 2. The second-order valence-corrected chi connectivity index (χ2v) is 8.03. The van der Waals surface area contributed by atoms with Gasteiger partial charge in [-0.1, -0.05) is 47.5 Å². The second-order valence-electron chi connectivity index (χ2n) is 7.16. The molecular weight excluding hydrogens is 433 g/mol. The molecule has 0 atom stereocenters. The largest absolute Gasteiger partial charge is 0.269 e. The lowest BCUT2D eigenvalue weighted by atomic mass is 10.1. The number of rotatable bonds is 4. The van der Waals surface area contributed by atoms with Gasteiger partial charge in [-0.2, -0.15) is 5.10 Å². The van der Waals surface area contributed by atoms with Gasteiger partial charge < -0.3 is 0 Å². The summed E-state index contributed by atoms with van der Waals surface area (Å²) in [5.74, 6) is -0.621. The Morgan fingerprint density at radius 1 is 0.742 bits per heavy atom. The predicted octanol–water partition coefficient (Wildman–Crippen LogP) is 5.64. The summed E-state index contributed by atoms with van der Waals surface area (Å²) in [7, 11) is 0. The number of nitrogens with zero attached hydrogens (tertiary/aromatic N) is 3. The van der Waals surface area contributed by atoms with Gasteiger partial charge in [-0.05, 0) is 54.6 Å². The molecule has 1 aromatic heterocycles. The maximum Gasteiger partial charge on any atom is 0.261 e. The lowest BCUT2D eigenvalue weighted by molar-refractivity contribution is 0.0640. The summed E-state index contributed by atoms with van der Waals surface area (Å²) in [5, 5.41) is 5.95. The van der Waals surface area contributed by atoms with Crippen molar-refractivity contribution >= 4 is 35.0 Å². The standard InChI is InChI=1S/C24H15Cl2N3O2/c25-16-7-5-15(6-8-16)22-13-18(27-29(22)19-11-9-17(26)10-12-19)14-28-23(30)20-3-1-2-4-21(20)24(28)31/h1-13H,14H2. The van der Waals surface area contributed by atoms with Crippen LogP contribution in [0.2, 0.25) is 10.0 Å². The van der Waals surface area contributed by atoms with Gasteiger partial charge in [-0.15, -0.1) is 0 Å². The highest BCUT2D eigenvalue weighted by Crippen LogP contribution is 2.29. The average Bonchev–Trinajstić information content (AvgIpc) is 3.30. The smallest absolute Gasteiger partial charge is 0.261 e. The normalized spacial score (nSPS) is 13.0. The van der Waals surface area contributed by atoms with Crippen LogP contribution < -0.4 is 0 Å². The molecule has 0 bridgehead atoms. The van der Waals surface area contributed by atoms with Crippen molar-refractivity contribution < 1.29 is 9.59 Å². The van der Waals surface area contributed by atoms with Crippen molar-refractivity contribution in [2.24, 2.45) is 0 Å². The number of benzene rings is 3. The van der Waals surface area contributed by atoms with Crippen LogP contribution in [-0.2, 0) is 6.54 Å². The van der Waals surface area contributed by atoms with E-state index in [1.165, 1.54) is 4.90 Å². The summed E-state index contributed by atoms with van der Waals surface area (Å²) >= 11 is 12.1. The van der Waals surface area contributed by atoms with Gasteiger partial charge >= 0.3 is 0 Å². The van der Waals surface area contributed by atoms with E-state index in [0.717, 1.165) is 16.9 Å². The molecule has 2 amide bonds. The maximum atomic E-state index is 12.8. The summed E-state index contributed by atoms with van der Waals surface area (Å²) < 4.78 is 1.77. The maximum absolute atomic E-state index is 12.8. The third-order valence-electron chi connectivity index (χ3n) is 5.17. The Morgan fingerprint density at radius 2 is 1.29 bits per heavy atom. The van der Waals surface area contributed by atoms with E-state index in [0.29, 0.717) is 26.9 Å². The molecular formula is C24H15Cl2N3O2. The molecule has 3 aromatic carbocycles. The minimum Gasteiger partial charge on any atom is -0.269 e. The molecule has 0 radical (unpaired) electrons. The van der Waals surface area contributed by atoms with E-state index in [1.54, 1.807) is 53.2 Å². The van der Waals surface area contributed by atoms with E-state index in [9.17, 15) is 9.59 Å². The van der Waals surface area contributed by atoms with Crippen LogP contribution in [0.4, 0.5) is 0 Å². The number of carbonyl (C=O) groups excluding carboxylic acids is 2. The molecule has 31 heavy (non-hydrogen) atoms. The highest BCUT2D eigenvalue weighted by molar-refractivity contribution is 6.31. The van der Waals surface area contributed by atoms with Gasteiger partial charge in [0.25, 0.3) is 11.8 Å². The number of imide groups is 1. The first-order chi connectivity index (χ1) is 15.0. The van der Waals surface area contributed by atoms with Gasteiger partial charge in [0, 0.05) is 15.6 Å². The van der Waals surface area contributed by atoms with Gasteiger partial charge in [-0.3, -0.25) is 14.5 Å². The SMILES string of the molecule is O=C1c2ccccc2C(=O)N1Cc1cc(-c2ccc(Cl)cc2)n(-c2ccc(Cl)cc2)n1. The van der Waals surface area contributed by atoms with E-state index in [-0.39, 0.29) is 18.4 Å².